The highest BCUT2D eigenvalue weighted by Crippen LogP contribution is 2.39. The van der Waals surface area contributed by atoms with Crippen LogP contribution in [-0.2, 0) is 9.47 Å². The molecule has 4 amide bonds. The molecular weight excluding hydrogens is 564 g/mol. The SMILES string of the molecule is CCOC(=O)N1CCN([C@@H]2c3ccccc3C(=O)N2CCN2C(=O)c3ccccc3[C@H]2N2CCN(C(=O)OCC)CC2)CC1. The molecule has 2 saturated heterocycles. The second kappa shape index (κ2) is 12.8. The van der Waals surface area contributed by atoms with Crippen molar-refractivity contribution in [1.29, 1.82) is 0 Å². The van der Waals surface area contributed by atoms with Gasteiger partial charge >= 0.3 is 12.2 Å². The molecule has 2 aromatic rings. The molecule has 2 fully saturated rings. The lowest BCUT2D eigenvalue weighted by Gasteiger charge is -2.43. The van der Waals surface area contributed by atoms with E-state index in [1.165, 1.54) is 0 Å². The van der Waals surface area contributed by atoms with Gasteiger partial charge in [-0.05, 0) is 26.0 Å². The first-order valence-electron chi connectivity index (χ1n) is 15.5. The molecule has 0 unspecified atom stereocenters. The molecule has 0 aliphatic carbocycles. The summed E-state index contributed by atoms with van der Waals surface area (Å²) in [7, 11) is 0. The average molecular weight is 605 g/mol. The molecule has 4 aliphatic rings. The van der Waals surface area contributed by atoms with Crippen molar-refractivity contribution < 1.29 is 28.7 Å². The summed E-state index contributed by atoms with van der Waals surface area (Å²) in [4.78, 5) is 63.9. The van der Waals surface area contributed by atoms with Crippen LogP contribution < -0.4 is 0 Å². The summed E-state index contributed by atoms with van der Waals surface area (Å²) in [5.74, 6) is -0.107. The molecule has 0 aromatic heterocycles. The number of carbonyl (C=O) groups is 4. The molecule has 0 bridgehead atoms. The molecule has 0 saturated carbocycles. The van der Waals surface area contributed by atoms with Gasteiger partial charge in [-0.1, -0.05) is 36.4 Å². The van der Waals surface area contributed by atoms with E-state index in [9.17, 15) is 19.2 Å². The second-order valence-electron chi connectivity index (χ2n) is 11.4. The van der Waals surface area contributed by atoms with Gasteiger partial charge in [-0.3, -0.25) is 19.4 Å². The van der Waals surface area contributed by atoms with E-state index in [-0.39, 0.29) is 36.3 Å². The summed E-state index contributed by atoms with van der Waals surface area (Å²) in [6, 6.07) is 15.4. The quantitative estimate of drug-likeness (QED) is 0.475. The number of nitrogens with zero attached hydrogens (tertiary/aromatic N) is 6. The molecule has 234 valence electrons. The van der Waals surface area contributed by atoms with E-state index in [1.54, 1.807) is 23.6 Å². The molecule has 4 aliphatic heterocycles. The van der Waals surface area contributed by atoms with Gasteiger partial charge in [0.2, 0.25) is 0 Å². The molecule has 12 heteroatoms. The van der Waals surface area contributed by atoms with Crippen LogP contribution in [0.2, 0.25) is 0 Å². The van der Waals surface area contributed by atoms with Gasteiger partial charge in [0.1, 0.15) is 12.3 Å². The van der Waals surface area contributed by atoms with Crippen LogP contribution in [0.3, 0.4) is 0 Å². The second-order valence-corrected chi connectivity index (χ2v) is 11.4. The fourth-order valence-corrected chi connectivity index (χ4v) is 6.88. The van der Waals surface area contributed by atoms with Crippen molar-refractivity contribution in [3.63, 3.8) is 0 Å². The molecule has 12 nitrogen and oxygen atoms in total. The predicted molar refractivity (Wildman–Crippen MR) is 161 cm³/mol. The largest absolute Gasteiger partial charge is 0.450 e. The first kappa shape index (κ1) is 29.9. The maximum absolute atomic E-state index is 13.8. The Bertz CT molecular complexity index is 1300. The van der Waals surface area contributed by atoms with Crippen LogP contribution in [0.15, 0.2) is 48.5 Å². The first-order chi connectivity index (χ1) is 21.4. The highest BCUT2D eigenvalue weighted by Gasteiger charge is 2.44. The van der Waals surface area contributed by atoms with E-state index in [1.807, 2.05) is 58.3 Å². The average Bonchev–Trinajstić information content (AvgIpc) is 3.50. The lowest BCUT2D eigenvalue weighted by molar-refractivity contribution is -0.00334. The minimum absolute atomic E-state index is 0.0535. The minimum Gasteiger partial charge on any atom is -0.450 e. The number of fused-ring (bicyclic) bond motifs is 2. The lowest BCUT2D eigenvalue weighted by atomic mass is 10.1. The van der Waals surface area contributed by atoms with Crippen LogP contribution in [0.1, 0.15) is 58.0 Å². The van der Waals surface area contributed by atoms with E-state index < -0.39 is 0 Å². The Morgan fingerprint density at radius 1 is 0.614 bits per heavy atom. The number of benzene rings is 2. The van der Waals surface area contributed by atoms with Crippen molar-refractivity contribution in [3.05, 3.63) is 70.8 Å². The Morgan fingerprint density at radius 3 is 1.34 bits per heavy atom. The van der Waals surface area contributed by atoms with Crippen molar-refractivity contribution >= 4 is 24.0 Å². The Balaban J connectivity index is 1.20. The number of rotatable bonds is 7. The monoisotopic (exact) mass is 604 g/mol. The zero-order valence-corrected chi connectivity index (χ0v) is 25.4. The third-order valence-corrected chi connectivity index (χ3v) is 9.01. The fraction of sp³-hybridized carbons (Fsp3) is 0.500. The summed E-state index contributed by atoms with van der Waals surface area (Å²) in [5, 5.41) is 0. The van der Waals surface area contributed by atoms with Crippen LogP contribution in [0, 0.1) is 0 Å². The van der Waals surface area contributed by atoms with Crippen LogP contribution in [0.4, 0.5) is 9.59 Å². The van der Waals surface area contributed by atoms with E-state index in [4.69, 9.17) is 9.47 Å². The lowest BCUT2D eigenvalue weighted by Crippen LogP contribution is -2.54. The predicted octanol–water partition coefficient (Wildman–Crippen LogP) is 2.84. The van der Waals surface area contributed by atoms with Crippen LogP contribution in [0.25, 0.3) is 0 Å². The number of ether oxygens (including phenoxy) is 2. The zero-order chi connectivity index (χ0) is 30.8. The van der Waals surface area contributed by atoms with Crippen LogP contribution in [0.5, 0.6) is 0 Å². The molecule has 0 N–H and O–H groups in total. The molecule has 44 heavy (non-hydrogen) atoms. The van der Waals surface area contributed by atoms with Crippen molar-refractivity contribution in [1.82, 2.24) is 29.4 Å². The molecule has 2 aromatic carbocycles. The van der Waals surface area contributed by atoms with Crippen molar-refractivity contribution in [2.45, 2.75) is 26.2 Å². The molecule has 0 spiro atoms. The van der Waals surface area contributed by atoms with Gasteiger partial charge in [0.05, 0.1) is 13.2 Å². The van der Waals surface area contributed by atoms with Gasteiger partial charge in [-0.25, -0.2) is 9.59 Å². The normalized spacial score (nSPS) is 22.3. The Kier molecular flexibility index (Phi) is 8.72. The first-order valence-corrected chi connectivity index (χ1v) is 15.5. The maximum Gasteiger partial charge on any atom is 0.409 e. The summed E-state index contributed by atoms with van der Waals surface area (Å²) in [6.45, 7) is 9.42. The number of carbonyl (C=O) groups excluding carboxylic acids is 4. The summed E-state index contributed by atoms with van der Waals surface area (Å²) in [6.07, 6.45) is -1.19. The van der Waals surface area contributed by atoms with Crippen molar-refractivity contribution in [2.24, 2.45) is 0 Å². The number of hydrogen-bond acceptors (Lipinski definition) is 8. The standard InChI is InChI=1S/C32H40N6O6/c1-3-43-31(41)35-17-13-33(14-18-35)27-23-9-5-7-11-25(23)29(39)37(27)21-22-38-28(24-10-6-8-12-26(24)30(38)40)34-15-19-36(20-16-34)32(42)44-4-2/h5-12,27-28H,3-4,13-22H2,1-2H3/t27-,28-/m0/s1. The highest BCUT2D eigenvalue weighted by molar-refractivity contribution is 6.00. The van der Waals surface area contributed by atoms with Crippen molar-refractivity contribution in [3.8, 4) is 0 Å². The smallest absolute Gasteiger partial charge is 0.409 e. The maximum atomic E-state index is 13.8. The third kappa shape index (κ3) is 5.48. The van der Waals surface area contributed by atoms with Crippen LogP contribution >= 0.6 is 0 Å². The van der Waals surface area contributed by atoms with Gasteiger partial charge in [0, 0.05) is 87.7 Å². The Labute approximate surface area is 257 Å². The number of hydrogen-bond donors (Lipinski definition) is 0. The summed E-state index contributed by atoms with van der Waals surface area (Å²) < 4.78 is 10.4. The Hall–Kier alpha value is -4.16. The third-order valence-electron chi connectivity index (χ3n) is 9.01. The molecule has 6 rings (SSSR count). The van der Waals surface area contributed by atoms with Gasteiger partial charge in [0.25, 0.3) is 11.8 Å². The van der Waals surface area contributed by atoms with Gasteiger partial charge in [-0.15, -0.1) is 0 Å². The molecule has 2 atom stereocenters. The minimum atomic E-state index is -0.312. The highest BCUT2D eigenvalue weighted by atomic mass is 16.6. The van der Waals surface area contributed by atoms with Gasteiger partial charge in [0.15, 0.2) is 0 Å². The van der Waals surface area contributed by atoms with E-state index in [0.29, 0.717) is 89.8 Å². The van der Waals surface area contributed by atoms with Gasteiger partial charge in [-0.2, -0.15) is 0 Å². The number of piperazine rings is 2. The van der Waals surface area contributed by atoms with Crippen molar-refractivity contribution in [2.75, 3.05) is 78.7 Å². The zero-order valence-electron chi connectivity index (χ0n) is 25.4. The van der Waals surface area contributed by atoms with Crippen LogP contribution in [-0.4, -0.2) is 132 Å². The number of amides is 4. The molecular formula is C32H40N6O6. The van der Waals surface area contributed by atoms with E-state index in [2.05, 4.69) is 9.80 Å². The topological polar surface area (TPSA) is 106 Å². The molecule has 4 heterocycles. The summed E-state index contributed by atoms with van der Waals surface area (Å²) >= 11 is 0. The molecule has 0 radical (unpaired) electrons. The van der Waals surface area contributed by atoms with E-state index >= 15 is 0 Å². The Morgan fingerprint density at radius 2 is 0.977 bits per heavy atom. The summed E-state index contributed by atoms with van der Waals surface area (Å²) in [5.41, 5.74) is 3.25. The van der Waals surface area contributed by atoms with Gasteiger partial charge < -0.3 is 29.1 Å². The van der Waals surface area contributed by atoms with E-state index in [0.717, 1.165) is 11.1 Å². The fourth-order valence-electron chi connectivity index (χ4n) is 6.88.